The van der Waals surface area contributed by atoms with E-state index in [1.807, 2.05) is 30.0 Å². The van der Waals surface area contributed by atoms with E-state index in [-0.39, 0.29) is 17.6 Å². The van der Waals surface area contributed by atoms with Crippen LogP contribution in [0.15, 0.2) is 48.7 Å². The second-order valence-electron chi connectivity index (χ2n) is 5.89. The van der Waals surface area contributed by atoms with Crippen LogP contribution in [-0.4, -0.2) is 39.5 Å². The van der Waals surface area contributed by atoms with Crippen LogP contribution in [0, 0.1) is 0 Å². The summed E-state index contributed by atoms with van der Waals surface area (Å²) in [5.74, 6) is -0.857. The molecule has 118 valence electrons. The molecule has 1 amide bonds. The summed E-state index contributed by atoms with van der Waals surface area (Å²) in [6.45, 7) is 2.71. The highest BCUT2D eigenvalue weighted by molar-refractivity contribution is 5.95. The van der Waals surface area contributed by atoms with Crippen molar-refractivity contribution in [2.24, 2.45) is 0 Å². The van der Waals surface area contributed by atoms with Crippen molar-refractivity contribution in [3.63, 3.8) is 0 Å². The number of carbonyl (C=O) groups is 2. The van der Waals surface area contributed by atoms with Crippen LogP contribution in [-0.2, 0) is 0 Å². The molecule has 1 saturated heterocycles. The third-order valence-electron chi connectivity index (χ3n) is 4.34. The van der Waals surface area contributed by atoms with Gasteiger partial charge >= 0.3 is 5.97 Å². The van der Waals surface area contributed by atoms with E-state index in [0.717, 1.165) is 6.42 Å². The van der Waals surface area contributed by atoms with Crippen molar-refractivity contribution in [2.45, 2.75) is 25.3 Å². The summed E-state index contributed by atoms with van der Waals surface area (Å²) < 4.78 is 0. The van der Waals surface area contributed by atoms with Crippen molar-refractivity contribution < 1.29 is 14.7 Å². The standard InChI is InChI=1S/C18H18N2O3/c1-12-9-15(13-5-3-2-4-6-13)11-20(12)17(21)14-7-8-16(18(22)23)19-10-14/h2-8,10,12,15H,9,11H2,1H3,(H,22,23)/t12-,15-/m1/s1. The molecule has 0 spiro atoms. The minimum Gasteiger partial charge on any atom is -0.477 e. The molecule has 0 unspecified atom stereocenters. The van der Waals surface area contributed by atoms with E-state index in [9.17, 15) is 9.59 Å². The summed E-state index contributed by atoms with van der Waals surface area (Å²) in [7, 11) is 0. The third kappa shape index (κ3) is 3.08. The fourth-order valence-electron chi connectivity index (χ4n) is 3.09. The van der Waals surface area contributed by atoms with Crippen LogP contribution in [0.4, 0.5) is 0 Å². The molecule has 1 aliphatic heterocycles. The third-order valence-corrected chi connectivity index (χ3v) is 4.34. The largest absolute Gasteiger partial charge is 0.477 e. The van der Waals surface area contributed by atoms with Gasteiger partial charge in [0.25, 0.3) is 5.91 Å². The molecule has 0 saturated carbocycles. The number of amides is 1. The number of carboxylic acids is 1. The maximum atomic E-state index is 12.7. The zero-order valence-corrected chi connectivity index (χ0v) is 12.8. The molecule has 0 aliphatic carbocycles. The number of hydrogen-bond donors (Lipinski definition) is 1. The average Bonchev–Trinajstić information content (AvgIpc) is 2.97. The number of benzene rings is 1. The monoisotopic (exact) mass is 310 g/mol. The first kappa shape index (κ1) is 15.2. The summed E-state index contributed by atoms with van der Waals surface area (Å²) in [4.78, 5) is 29.2. The fourth-order valence-corrected chi connectivity index (χ4v) is 3.09. The Balaban J connectivity index is 1.76. The quantitative estimate of drug-likeness (QED) is 0.946. The number of carbonyl (C=O) groups excluding carboxylic acids is 1. The van der Waals surface area contributed by atoms with Gasteiger partial charge in [0.05, 0.1) is 5.56 Å². The van der Waals surface area contributed by atoms with Crippen molar-refractivity contribution >= 4 is 11.9 Å². The van der Waals surface area contributed by atoms with Crippen molar-refractivity contribution in [3.05, 3.63) is 65.5 Å². The molecule has 1 fully saturated rings. The maximum Gasteiger partial charge on any atom is 0.354 e. The summed E-state index contributed by atoms with van der Waals surface area (Å²) in [5, 5.41) is 8.87. The molecule has 1 aliphatic rings. The minimum atomic E-state index is -1.09. The smallest absolute Gasteiger partial charge is 0.354 e. The van der Waals surface area contributed by atoms with Crippen molar-refractivity contribution in [3.8, 4) is 0 Å². The van der Waals surface area contributed by atoms with Crippen LogP contribution < -0.4 is 0 Å². The molecule has 0 radical (unpaired) electrons. The van der Waals surface area contributed by atoms with E-state index in [4.69, 9.17) is 5.11 Å². The van der Waals surface area contributed by atoms with Crippen LogP contribution in [0.3, 0.4) is 0 Å². The molecule has 2 atom stereocenters. The molecule has 2 aromatic rings. The van der Waals surface area contributed by atoms with Gasteiger partial charge in [0.15, 0.2) is 0 Å². The Labute approximate surface area is 134 Å². The Bertz CT molecular complexity index is 713. The molecule has 0 bridgehead atoms. The first-order chi connectivity index (χ1) is 11.1. The molecule has 23 heavy (non-hydrogen) atoms. The second-order valence-corrected chi connectivity index (χ2v) is 5.89. The zero-order chi connectivity index (χ0) is 16.4. The van der Waals surface area contributed by atoms with Gasteiger partial charge in [-0.05, 0) is 31.0 Å². The normalized spacial score (nSPS) is 20.5. The predicted octanol–water partition coefficient (Wildman–Crippen LogP) is 2.80. The first-order valence-corrected chi connectivity index (χ1v) is 7.61. The Hall–Kier alpha value is -2.69. The highest BCUT2D eigenvalue weighted by Gasteiger charge is 2.33. The van der Waals surface area contributed by atoms with Crippen molar-refractivity contribution in [1.29, 1.82) is 0 Å². The maximum absolute atomic E-state index is 12.7. The van der Waals surface area contributed by atoms with E-state index in [1.54, 1.807) is 0 Å². The van der Waals surface area contributed by atoms with Gasteiger partial charge in [-0.25, -0.2) is 9.78 Å². The van der Waals surface area contributed by atoms with Crippen molar-refractivity contribution in [2.75, 3.05) is 6.54 Å². The first-order valence-electron chi connectivity index (χ1n) is 7.61. The SMILES string of the molecule is C[C@@H]1C[C@@H](c2ccccc2)CN1C(=O)c1ccc(C(=O)O)nc1. The summed E-state index contributed by atoms with van der Waals surface area (Å²) in [6.07, 6.45) is 2.27. The van der Waals surface area contributed by atoms with E-state index < -0.39 is 5.97 Å². The van der Waals surface area contributed by atoms with Gasteiger partial charge in [0, 0.05) is 24.7 Å². The number of rotatable bonds is 3. The van der Waals surface area contributed by atoms with Crippen LogP contribution >= 0.6 is 0 Å². The lowest BCUT2D eigenvalue weighted by Crippen LogP contribution is -2.34. The number of aromatic nitrogens is 1. The van der Waals surface area contributed by atoms with Crippen LogP contribution in [0.2, 0.25) is 0 Å². The fraction of sp³-hybridized carbons (Fsp3) is 0.278. The highest BCUT2D eigenvalue weighted by atomic mass is 16.4. The molecule has 1 aromatic heterocycles. The molecular formula is C18H18N2O3. The Kier molecular flexibility index (Phi) is 4.10. The highest BCUT2D eigenvalue weighted by Crippen LogP contribution is 2.32. The van der Waals surface area contributed by atoms with E-state index >= 15 is 0 Å². The molecule has 2 heterocycles. The number of nitrogens with zero attached hydrogens (tertiary/aromatic N) is 2. The number of hydrogen-bond acceptors (Lipinski definition) is 3. The van der Waals surface area contributed by atoms with Crippen LogP contribution in [0.1, 0.15) is 45.7 Å². The number of pyridine rings is 1. The van der Waals surface area contributed by atoms with Crippen LogP contribution in [0.25, 0.3) is 0 Å². The molecule has 5 nitrogen and oxygen atoms in total. The van der Waals surface area contributed by atoms with Gasteiger partial charge in [0.1, 0.15) is 5.69 Å². The zero-order valence-electron chi connectivity index (χ0n) is 12.8. The lowest BCUT2D eigenvalue weighted by atomic mass is 9.97. The predicted molar refractivity (Wildman–Crippen MR) is 85.5 cm³/mol. The lowest BCUT2D eigenvalue weighted by Gasteiger charge is -2.21. The summed E-state index contributed by atoms with van der Waals surface area (Å²) >= 11 is 0. The Morgan fingerprint density at radius 3 is 2.52 bits per heavy atom. The summed E-state index contributed by atoms with van der Waals surface area (Å²) in [5.41, 5.74) is 1.61. The molecular weight excluding hydrogens is 292 g/mol. The Morgan fingerprint density at radius 2 is 1.91 bits per heavy atom. The lowest BCUT2D eigenvalue weighted by molar-refractivity contribution is 0.0686. The van der Waals surface area contributed by atoms with Crippen molar-refractivity contribution in [1.82, 2.24) is 9.88 Å². The average molecular weight is 310 g/mol. The van der Waals surface area contributed by atoms with Gasteiger partial charge in [-0.2, -0.15) is 0 Å². The summed E-state index contributed by atoms with van der Waals surface area (Å²) in [6, 6.07) is 13.2. The van der Waals surface area contributed by atoms with Gasteiger partial charge in [-0.15, -0.1) is 0 Å². The number of aromatic carboxylic acids is 1. The minimum absolute atomic E-state index is 0.0572. The number of carboxylic acid groups (broad SMARTS) is 1. The Morgan fingerprint density at radius 1 is 1.17 bits per heavy atom. The van der Waals surface area contributed by atoms with Gasteiger partial charge in [-0.3, -0.25) is 4.79 Å². The second kappa shape index (κ2) is 6.20. The van der Waals surface area contributed by atoms with Gasteiger partial charge in [-0.1, -0.05) is 30.3 Å². The molecule has 3 rings (SSSR count). The molecule has 1 N–H and O–H groups in total. The number of likely N-dealkylation sites (tertiary alicyclic amines) is 1. The van der Waals surface area contributed by atoms with Crippen LogP contribution in [0.5, 0.6) is 0 Å². The van der Waals surface area contributed by atoms with E-state index in [1.165, 1.54) is 23.9 Å². The topological polar surface area (TPSA) is 70.5 Å². The molecule has 5 heteroatoms. The van der Waals surface area contributed by atoms with E-state index in [2.05, 4.69) is 17.1 Å². The molecule has 1 aromatic carbocycles. The van der Waals surface area contributed by atoms with Gasteiger partial charge in [0.2, 0.25) is 0 Å². The van der Waals surface area contributed by atoms with E-state index in [0.29, 0.717) is 18.0 Å². The van der Waals surface area contributed by atoms with Gasteiger partial charge < -0.3 is 10.0 Å².